The van der Waals surface area contributed by atoms with Crippen LogP contribution in [0.4, 0.5) is 0 Å². The second kappa shape index (κ2) is 4.58. The fourth-order valence-corrected chi connectivity index (χ4v) is 4.58. The maximum absolute atomic E-state index is 5.78. The van der Waals surface area contributed by atoms with Gasteiger partial charge in [0.2, 0.25) is 5.90 Å². The third kappa shape index (κ3) is 2.47. The SMILES string of the molecule is CC(C)[C@H]1COC(C2(C)SCCCS2)=N1. The van der Waals surface area contributed by atoms with E-state index in [1.165, 1.54) is 17.9 Å². The molecule has 1 fully saturated rings. The first kappa shape index (κ1) is 11.6. The largest absolute Gasteiger partial charge is 0.477 e. The second-order valence-electron chi connectivity index (χ2n) is 4.55. The van der Waals surface area contributed by atoms with Gasteiger partial charge in [-0.05, 0) is 30.8 Å². The van der Waals surface area contributed by atoms with Crippen LogP contribution >= 0.6 is 23.5 Å². The zero-order valence-corrected chi connectivity index (χ0v) is 11.3. The lowest BCUT2D eigenvalue weighted by Gasteiger charge is -2.31. The van der Waals surface area contributed by atoms with Crippen molar-refractivity contribution in [1.29, 1.82) is 0 Å². The Balaban J connectivity index is 2.07. The van der Waals surface area contributed by atoms with Crippen LogP contribution in [0.3, 0.4) is 0 Å². The van der Waals surface area contributed by atoms with Gasteiger partial charge in [0, 0.05) is 0 Å². The second-order valence-corrected chi connectivity index (χ2v) is 7.84. The molecule has 0 radical (unpaired) electrons. The average molecular weight is 245 g/mol. The highest BCUT2D eigenvalue weighted by molar-refractivity contribution is 8.19. The van der Waals surface area contributed by atoms with Gasteiger partial charge in [-0.15, -0.1) is 23.5 Å². The van der Waals surface area contributed by atoms with Crippen LogP contribution in [0, 0.1) is 5.92 Å². The molecule has 0 spiro atoms. The number of hydrogen-bond donors (Lipinski definition) is 0. The summed E-state index contributed by atoms with van der Waals surface area (Å²) in [4.78, 5) is 4.74. The molecule has 15 heavy (non-hydrogen) atoms. The quantitative estimate of drug-likeness (QED) is 0.746. The van der Waals surface area contributed by atoms with Crippen molar-refractivity contribution in [2.45, 2.75) is 37.3 Å². The van der Waals surface area contributed by atoms with Crippen molar-refractivity contribution in [3.8, 4) is 0 Å². The summed E-state index contributed by atoms with van der Waals surface area (Å²) in [5.74, 6) is 4.04. The van der Waals surface area contributed by atoms with Crippen LogP contribution in [-0.2, 0) is 4.74 Å². The Bertz CT molecular complexity index is 259. The van der Waals surface area contributed by atoms with Crippen LogP contribution in [-0.4, -0.2) is 34.1 Å². The first-order valence-electron chi connectivity index (χ1n) is 5.61. The number of ether oxygens (including phenoxy) is 1. The minimum atomic E-state index is 0.0852. The Kier molecular flexibility index (Phi) is 3.56. The van der Waals surface area contributed by atoms with Crippen molar-refractivity contribution in [2.24, 2.45) is 10.9 Å². The maximum Gasteiger partial charge on any atom is 0.210 e. The van der Waals surface area contributed by atoms with Gasteiger partial charge in [0.25, 0.3) is 0 Å². The molecular formula is C11H19NOS2. The lowest BCUT2D eigenvalue weighted by molar-refractivity contribution is 0.286. The van der Waals surface area contributed by atoms with Crippen molar-refractivity contribution in [3.05, 3.63) is 0 Å². The van der Waals surface area contributed by atoms with Crippen LogP contribution in [0.25, 0.3) is 0 Å². The number of aliphatic imine (C=N–C) groups is 1. The van der Waals surface area contributed by atoms with Crippen LogP contribution in [0.1, 0.15) is 27.2 Å². The molecule has 0 amide bonds. The summed E-state index contributed by atoms with van der Waals surface area (Å²) < 4.78 is 5.86. The van der Waals surface area contributed by atoms with Gasteiger partial charge in [-0.1, -0.05) is 13.8 Å². The van der Waals surface area contributed by atoms with Gasteiger partial charge in [-0.25, -0.2) is 4.99 Å². The molecule has 0 saturated carbocycles. The number of thioether (sulfide) groups is 2. The summed E-state index contributed by atoms with van der Waals surface area (Å²) in [6.45, 7) is 7.46. The van der Waals surface area contributed by atoms with Crippen LogP contribution < -0.4 is 0 Å². The molecule has 1 saturated heterocycles. The van der Waals surface area contributed by atoms with E-state index in [4.69, 9.17) is 9.73 Å². The molecule has 2 heterocycles. The summed E-state index contributed by atoms with van der Waals surface area (Å²) in [5.41, 5.74) is 0. The number of rotatable bonds is 2. The molecule has 0 aliphatic carbocycles. The minimum absolute atomic E-state index is 0.0852. The Hall–Kier alpha value is 0.170. The predicted molar refractivity (Wildman–Crippen MR) is 70.0 cm³/mol. The van der Waals surface area contributed by atoms with E-state index in [-0.39, 0.29) is 4.08 Å². The minimum Gasteiger partial charge on any atom is -0.477 e. The van der Waals surface area contributed by atoms with Gasteiger partial charge in [-0.2, -0.15) is 0 Å². The molecular weight excluding hydrogens is 226 g/mol. The Morgan fingerprint density at radius 3 is 2.60 bits per heavy atom. The van der Waals surface area contributed by atoms with Crippen LogP contribution in [0.5, 0.6) is 0 Å². The van der Waals surface area contributed by atoms with Gasteiger partial charge >= 0.3 is 0 Å². The van der Waals surface area contributed by atoms with E-state index < -0.39 is 0 Å². The molecule has 0 aromatic heterocycles. The lowest BCUT2D eigenvalue weighted by atomic mass is 10.1. The van der Waals surface area contributed by atoms with Gasteiger partial charge < -0.3 is 4.74 Å². The van der Waals surface area contributed by atoms with E-state index in [0.717, 1.165) is 12.5 Å². The van der Waals surface area contributed by atoms with Gasteiger partial charge in [0.1, 0.15) is 10.7 Å². The fourth-order valence-electron chi connectivity index (χ4n) is 1.74. The topological polar surface area (TPSA) is 21.6 Å². The molecule has 0 aromatic carbocycles. The molecule has 0 unspecified atom stereocenters. The third-order valence-corrected chi connectivity index (χ3v) is 6.02. The highest BCUT2D eigenvalue weighted by atomic mass is 32.2. The molecule has 2 rings (SSSR count). The fraction of sp³-hybridized carbons (Fsp3) is 0.909. The van der Waals surface area contributed by atoms with Gasteiger partial charge in [0.15, 0.2) is 0 Å². The Labute approximate surface area is 101 Å². The van der Waals surface area contributed by atoms with Crippen LogP contribution in [0.15, 0.2) is 4.99 Å². The van der Waals surface area contributed by atoms with Crippen molar-refractivity contribution < 1.29 is 4.74 Å². The maximum atomic E-state index is 5.78. The van der Waals surface area contributed by atoms with Crippen LogP contribution in [0.2, 0.25) is 0 Å². The van der Waals surface area contributed by atoms with Crippen molar-refractivity contribution in [3.63, 3.8) is 0 Å². The summed E-state index contributed by atoms with van der Waals surface area (Å²) in [7, 11) is 0. The Morgan fingerprint density at radius 1 is 1.40 bits per heavy atom. The zero-order chi connectivity index (χ0) is 10.9. The zero-order valence-electron chi connectivity index (χ0n) is 9.66. The molecule has 4 heteroatoms. The molecule has 2 aliphatic rings. The highest BCUT2D eigenvalue weighted by Gasteiger charge is 2.39. The molecule has 2 nitrogen and oxygen atoms in total. The summed E-state index contributed by atoms with van der Waals surface area (Å²) in [5, 5.41) is 0. The molecule has 0 bridgehead atoms. The van der Waals surface area contributed by atoms with E-state index >= 15 is 0 Å². The van der Waals surface area contributed by atoms with Crippen molar-refractivity contribution in [2.75, 3.05) is 18.1 Å². The van der Waals surface area contributed by atoms with E-state index in [2.05, 4.69) is 20.8 Å². The van der Waals surface area contributed by atoms with E-state index in [1.807, 2.05) is 23.5 Å². The average Bonchev–Trinajstić information content (AvgIpc) is 2.68. The standard InChI is InChI=1S/C11H19NOS2/c1-8(2)9-7-13-10(12-9)11(3)14-5-4-6-15-11/h8-9H,4-7H2,1-3H3/t9-/m1/s1. The summed E-state index contributed by atoms with van der Waals surface area (Å²) in [6, 6.07) is 0.375. The molecule has 86 valence electrons. The first-order valence-corrected chi connectivity index (χ1v) is 7.58. The molecule has 2 aliphatic heterocycles. The Morgan fingerprint density at radius 2 is 2.07 bits per heavy atom. The number of hydrogen-bond acceptors (Lipinski definition) is 4. The van der Waals surface area contributed by atoms with Crippen molar-refractivity contribution >= 4 is 29.4 Å². The third-order valence-electron chi connectivity index (χ3n) is 2.88. The predicted octanol–water partition coefficient (Wildman–Crippen LogP) is 3.03. The summed E-state index contributed by atoms with van der Waals surface area (Å²) in [6.07, 6.45) is 1.31. The summed E-state index contributed by atoms with van der Waals surface area (Å²) >= 11 is 3.97. The molecule has 0 N–H and O–H groups in total. The first-order chi connectivity index (χ1) is 7.12. The van der Waals surface area contributed by atoms with Gasteiger partial charge in [-0.3, -0.25) is 0 Å². The lowest BCUT2D eigenvalue weighted by Crippen LogP contribution is -2.31. The molecule has 0 aromatic rings. The van der Waals surface area contributed by atoms with E-state index in [1.54, 1.807) is 0 Å². The van der Waals surface area contributed by atoms with E-state index in [9.17, 15) is 0 Å². The van der Waals surface area contributed by atoms with Crippen molar-refractivity contribution in [1.82, 2.24) is 0 Å². The monoisotopic (exact) mass is 245 g/mol. The smallest absolute Gasteiger partial charge is 0.210 e. The normalized spacial score (nSPS) is 30.1. The molecule has 1 atom stereocenters. The van der Waals surface area contributed by atoms with Gasteiger partial charge in [0.05, 0.1) is 6.04 Å². The number of nitrogens with zero attached hydrogens (tertiary/aromatic N) is 1. The van der Waals surface area contributed by atoms with E-state index in [0.29, 0.717) is 12.0 Å². The highest BCUT2D eigenvalue weighted by Crippen LogP contribution is 2.44.